The lowest BCUT2D eigenvalue weighted by Crippen LogP contribution is -2.29. The minimum absolute atomic E-state index is 0.0543. The SMILES string of the molecule is Cc1nnc(N2C(=O)C(=O)/C(=C(/O)c3ccc4c(c3)OCCO4)[C@H]2c2ccccc2F)s1. The Balaban J connectivity index is 1.71. The quantitative estimate of drug-likeness (QED) is 0.368. The number of aliphatic hydroxyl groups is 1. The Morgan fingerprint density at radius 3 is 2.59 bits per heavy atom. The van der Waals surface area contributed by atoms with Gasteiger partial charge in [0.05, 0.1) is 5.57 Å². The number of aliphatic hydroxyl groups excluding tert-OH is 1. The fraction of sp³-hybridized carbons (Fsp3) is 0.182. The van der Waals surface area contributed by atoms with Crippen LogP contribution in [0.15, 0.2) is 48.0 Å². The minimum Gasteiger partial charge on any atom is -0.507 e. The van der Waals surface area contributed by atoms with Crippen molar-refractivity contribution in [3.05, 3.63) is 70.0 Å². The Hall–Kier alpha value is -3.79. The molecule has 1 saturated heterocycles. The molecule has 1 atom stereocenters. The van der Waals surface area contributed by atoms with Crippen LogP contribution in [0.3, 0.4) is 0 Å². The second-order valence-electron chi connectivity index (χ2n) is 7.15. The van der Waals surface area contributed by atoms with E-state index in [1.165, 1.54) is 24.3 Å². The number of aromatic nitrogens is 2. The highest BCUT2D eigenvalue weighted by molar-refractivity contribution is 7.15. The van der Waals surface area contributed by atoms with Crippen molar-refractivity contribution in [2.45, 2.75) is 13.0 Å². The van der Waals surface area contributed by atoms with Crippen molar-refractivity contribution in [1.29, 1.82) is 0 Å². The highest BCUT2D eigenvalue weighted by Crippen LogP contribution is 2.44. The average Bonchev–Trinajstić information content (AvgIpc) is 3.34. The molecule has 0 radical (unpaired) electrons. The topological polar surface area (TPSA) is 102 Å². The van der Waals surface area contributed by atoms with Crippen molar-refractivity contribution in [2.75, 3.05) is 18.1 Å². The molecule has 2 aliphatic heterocycles. The van der Waals surface area contributed by atoms with Gasteiger partial charge in [-0.3, -0.25) is 14.5 Å². The van der Waals surface area contributed by atoms with Crippen molar-refractivity contribution in [3.8, 4) is 11.5 Å². The predicted octanol–water partition coefficient (Wildman–Crippen LogP) is 3.38. The van der Waals surface area contributed by atoms with Gasteiger partial charge < -0.3 is 14.6 Å². The van der Waals surface area contributed by atoms with Crippen LogP contribution in [0.2, 0.25) is 0 Å². The van der Waals surface area contributed by atoms with E-state index in [-0.39, 0.29) is 21.8 Å². The molecule has 0 bridgehead atoms. The van der Waals surface area contributed by atoms with Crippen molar-refractivity contribution in [3.63, 3.8) is 0 Å². The number of rotatable bonds is 3. The summed E-state index contributed by atoms with van der Waals surface area (Å²) in [6.45, 7) is 2.44. The zero-order valence-corrected chi connectivity index (χ0v) is 17.6. The molecule has 2 aromatic carbocycles. The first-order valence-electron chi connectivity index (χ1n) is 9.71. The van der Waals surface area contributed by atoms with Gasteiger partial charge in [0.2, 0.25) is 5.13 Å². The second kappa shape index (κ2) is 7.72. The maximum atomic E-state index is 14.8. The molecule has 0 spiro atoms. The van der Waals surface area contributed by atoms with E-state index >= 15 is 0 Å². The van der Waals surface area contributed by atoms with Crippen molar-refractivity contribution >= 4 is 33.9 Å². The van der Waals surface area contributed by atoms with Gasteiger partial charge in [0.25, 0.3) is 5.78 Å². The van der Waals surface area contributed by atoms with Crippen LogP contribution in [-0.2, 0) is 9.59 Å². The van der Waals surface area contributed by atoms with Crippen LogP contribution in [0.1, 0.15) is 22.2 Å². The molecular weight excluding hydrogens is 437 g/mol. The molecule has 0 aliphatic carbocycles. The summed E-state index contributed by atoms with van der Waals surface area (Å²) >= 11 is 1.09. The molecule has 1 fully saturated rings. The van der Waals surface area contributed by atoms with Crippen LogP contribution in [0, 0.1) is 12.7 Å². The Kier molecular flexibility index (Phi) is 4.86. The number of ketones is 1. The van der Waals surface area contributed by atoms with Crippen LogP contribution in [0.4, 0.5) is 9.52 Å². The molecule has 2 aliphatic rings. The van der Waals surface area contributed by atoms with Crippen LogP contribution in [-0.4, -0.2) is 40.2 Å². The van der Waals surface area contributed by atoms with E-state index in [2.05, 4.69) is 10.2 Å². The molecule has 0 saturated carbocycles. The number of halogens is 1. The molecule has 1 aromatic heterocycles. The molecular formula is C22H16FN3O5S. The fourth-order valence-corrected chi connectivity index (χ4v) is 4.46. The summed E-state index contributed by atoms with van der Waals surface area (Å²) in [5, 5.41) is 19.7. The molecule has 162 valence electrons. The third kappa shape index (κ3) is 3.19. The number of ether oxygens (including phenoxy) is 2. The second-order valence-corrected chi connectivity index (χ2v) is 8.31. The molecule has 1 amide bonds. The van der Waals surface area contributed by atoms with Gasteiger partial charge in [-0.05, 0) is 31.2 Å². The van der Waals surface area contributed by atoms with E-state index in [1.54, 1.807) is 25.1 Å². The number of nitrogens with zero attached hydrogens (tertiary/aromatic N) is 3. The van der Waals surface area contributed by atoms with Gasteiger partial charge in [-0.15, -0.1) is 10.2 Å². The lowest BCUT2D eigenvalue weighted by molar-refractivity contribution is -0.132. The summed E-state index contributed by atoms with van der Waals surface area (Å²) in [5.74, 6) is -2.04. The minimum atomic E-state index is -1.21. The number of amides is 1. The van der Waals surface area contributed by atoms with Gasteiger partial charge in [0.15, 0.2) is 11.5 Å². The first kappa shape index (κ1) is 20.1. The maximum Gasteiger partial charge on any atom is 0.301 e. The summed E-state index contributed by atoms with van der Waals surface area (Å²) in [6.07, 6.45) is 0. The number of carbonyl (C=O) groups is 2. The van der Waals surface area contributed by atoms with Crippen LogP contribution >= 0.6 is 11.3 Å². The molecule has 3 aromatic rings. The monoisotopic (exact) mass is 453 g/mol. The summed E-state index contributed by atoms with van der Waals surface area (Å²) in [6, 6.07) is 9.24. The summed E-state index contributed by atoms with van der Waals surface area (Å²) in [5.41, 5.74) is 0.0466. The summed E-state index contributed by atoms with van der Waals surface area (Å²) < 4.78 is 25.9. The van der Waals surface area contributed by atoms with Gasteiger partial charge in [0.1, 0.15) is 35.8 Å². The van der Waals surface area contributed by atoms with Crippen LogP contribution < -0.4 is 14.4 Å². The fourth-order valence-electron chi connectivity index (χ4n) is 3.75. The number of aryl methyl sites for hydroxylation is 1. The Morgan fingerprint density at radius 2 is 1.88 bits per heavy atom. The molecule has 5 rings (SSSR count). The molecule has 10 heteroatoms. The lowest BCUT2D eigenvalue weighted by Gasteiger charge is -2.23. The van der Waals surface area contributed by atoms with Gasteiger partial charge in [-0.25, -0.2) is 4.39 Å². The Labute approximate surface area is 185 Å². The number of hydrogen-bond acceptors (Lipinski definition) is 8. The van der Waals surface area contributed by atoms with Gasteiger partial charge >= 0.3 is 5.91 Å². The van der Waals surface area contributed by atoms with Gasteiger partial charge in [-0.2, -0.15) is 0 Å². The number of hydrogen-bond donors (Lipinski definition) is 1. The first-order valence-corrected chi connectivity index (χ1v) is 10.5. The normalized spacial score (nSPS) is 19.4. The first-order chi connectivity index (χ1) is 15.5. The summed E-state index contributed by atoms with van der Waals surface area (Å²) in [4.78, 5) is 27.1. The third-order valence-corrected chi connectivity index (χ3v) is 6.02. The smallest absolute Gasteiger partial charge is 0.301 e. The highest BCUT2D eigenvalue weighted by Gasteiger charge is 2.49. The number of benzene rings is 2. The van der Waals surface area contributed by atoms with E-state index in [0.717, 1.165) is 16.2 Å². The number of fused-ring (bicyclic) bond motifs is 1. The standard InChI is InChI=1S/C22H16FN3O5S/c1-11-24-25-22(32-11)26-18(13-4-2-3-5-14(13)23)17(20(28)21(26)29)19(27)12-6-7-15-16(10-12)31-9-8-30-15/h2-7,10,18,27H,8-9H2,1H3/b19-17+/t18-/m1/s1. The maximum absolute atomic E-state index is 14.8. The largest absolute Gasteiger partial charge is 0.507 e. The Morgan fingerprint density at radius 1 is 1.12 bits per heavy atom. The Bertz CT molecular complexity index is 1290. The van der Waals surface area contributed by atoms with Crippen molar-refractivity contribution < 1.29 is 28.6 Å². The van der Waals surface area contributed by atoms with Crippen LogP contribution in [0.25, 0.3) is 5.76 Å². The molecule has 3 heterocycles. The van der Waals surface area contributed by atoms with E-state index in [9.17, 15) is 19.1 Å². The summed E-state index contributed by atoms with van der Waals surface area (Å²) in [7, 11) is 0. The predicted molar refractivity (Wildman–Crippen MR) is 113 cm³/mol. The number of carbonyl (C=O) groups excluding carboxylic acids is 2. The zero-order chi connectivity index (χ0) is 22.4. The van der Waals surface area contributed by atoms with E-state index < -0.39 is 29.3 Å². The lowest BCUT2D eigenvalue weighted by atomic mass is 9.95. The highest BCUT2D eigenvalue weighted by atomic mass is 32.1. The zero-order valence-electron chi connectivity index (χ0n) is 16.7. The van der Waals surface area contributed by atoms with E-state index in [1.807, 2.05) is 0 Å². The van der Waals surface area contributed by atoms with Crippen molar-refractivity contribution in [1.82, 2.24) is 10.2 Å². The van der Waals surface area contributed by atoms with Gasteiger partial charge in [-0.1, -0.05) is 29.5 Å². The molecule has 8 nitrogen and oxygen atoms in total. The van der Waals surface area contributed by atoms with E-state index in [0.29, 0.717) is 29.7 Å². The third-order valence-electron chi connectivity index (χ3n) is 5.18. The molecule has 0 unspecified atom stereocenters. The average molecular weight is 453 g/mol. The van der Waals surface area contributed by atoms with Gasteiger partial charge in [0, 0.05) is 11.1 Å². The molecule has 1 N–H and O–H groups in total. The molecule has 32 heavy (non-hydrogen) atoms. The number of anilines is 1. The van der Waals surface area contributed by atoms with Crippen molar-refractivity contribution in [2.24, 2.45) is 0 Å². The number of Topliss-reactive ketones (excluding diaryl/α,β-unsaturated/α-hetero) is 1. The van der Waals surface area contributed by atoms with Crippen LogP contribution in [0.5, 0.6) is 11.5 Å². The van der Waals surface area contributed by atoms with E-state index in [4.69, 9.17) is 9.47 Å².